The molecule has 1 atom stereocenters. The lowest BCUT2D eigenvalue weighted by Gasteiger charge is -2.23. The molecule has 0 radical (unpaired) electrons. The first-order valence-electron chi connectivity index (χ1n) is 8.13. The zero-order valence-corrected chi connectivity index (χ0v) is 17.5. The topological polar surface area (TPSA) is 84.9 Å². The standard InChI is InChI=1S/C18H22N2O5S2/c1-10-14(17(22)24-4)16(27-15(10)18(23)25-5)19-13(21)9-20(3)11(2)12-7-6-8-26-12/h6-8,11H,9H2,1-5H3,(H,19,21)/t11-/m0/s1. The van der Waals surface area contributed by atoms with Crippen LogP contribution in [0, 0.1) is 6.92 Å². The van der Waals surface area contributed by atoms with Crippen LogP contribution in [-0.4, -0.2) is 50.6 Å². The van der Waals surface area contributed by atoms with Gasteiger partial charge in [-0.2, -0.15) is 0 Å². The maximum atomic E-state index is 12.5. The molecular weight excluding hydrogens is 388 g/mol. The van der Waals surface area contributed by atoms with Gasteiger partial charge in [0, 0.05) is 10.9 Å². The fraction of sp³-hybridized carbons (Fsp3) is 0.389. The molecule has 0 fully saturated rings. The Morgan fingerprint density at radius 1 is 1.22 bits per heavy atom. The van der Waals surface area contributed by atoms with Crippen LogP contribution in [0.15, 0.2) is 17.5 Å². The fourth-order valence-electron chi connectivity index (χ4n) is 2.51. The van der Waals surface area contributed by atoms with E-state index in [1.54, 1.807) is 18.3 Å². The third-order valence-electron chi connectivity index (χ3n) is 4.17. The first-order valence-corrected chi connectivity index (χ1v) is 9.83. The number of rotatable bonds is 7. The zero-order valence-electron chi connectivity index (χ0n) is 15.8. The minimum Gasteiger partial charge on any atom is -0.465 e. The van der Waals surface area contributed by atoms with Crippen molar-refractivity contribution in [1.29, 1.82) is 0 Å². The Labute approximate surface area is 165 Å². The smallest absolute Gasteiger partial charge is 0.348 e. The lowest BCUT2D eigenvalue weighted by Crippen LogP contribution is -2.32. The van der Waals surface area contributed by atoms with Crippen LogP contribution in [0.1, 0.15) is 43.4 Å². The molecule has 1 amide bonds. The number of carbonyl (C=O) groups is 3. The van der Waals surface area contributed by atoms with E-state index < -0.39 is 11.9 Å². The number of amides is 1. The van der Waals surface area contributed by atoms with Gasteiger partial charge in [0.15, 0.2) is 0 Å². The fourth-order valence-corrected chi connectivity index (χ4v) is 4.49. The minimum absolute atomic E-state index is 0.0755. The van der Waals surface area contributed by atoms with E-state index in [0.717, 1.165) is 16.2 Å². The summed E-state index contributed by atoms with van der Waals surface area (Å²) in [6, 6.07) is 4.06. The molecule has 2 aromatic rings. The molecule has 0 unspecified atom stereocenters. The second kappa shape index (κ2) is 9.12. The van der Waals surface area contributed by atoms with Gasteiger partial charge < -0.3 is 14.8 Å². The monoisotopic (exact) mass is 410 g/mol. The molecular formula is C18H22N2O5S2. The highest BCUT2D eigenvalue weighted by Gasteiger charge is 2.27. The number of hydrogen-bond acceptors (Lipinski definition) is 8. The predicted octanol–water partition coefficient (Wildman–Crippen LogP) is 3.32. The summed E-state index contributed by atoms with van der Waals surface area (Å²) in [6.07, 6.45) is 0. The van der Waals surface area contributed by atoms with Gasteiger partial charge in [-0.1, -0.05) is 6.07 Å². The van der Waals surface area contributed by atoms with E-state index in [0.29, 0.717) is 5.56 Å². The molecule has 0 saturated heterocycles. The van der Waals surface area contributed by atoms with E-state index >= 15 is 0 Å². The van der Waals surface area contributed by atoms with Gasteiger partial charge in [0.2, 0.25) is 5.91 Å². The number of carbonyl (C=O) groups excluding carboxylic acids is 3. The van der Waals surface area contributed by atoms with E-state index in [9.17, 15) is 14.4 Å². The van der Waals surface area contributed by atoms with Crippen molar-refractivity contribution in [2.75, 3.05) is 33.1 Å². The van der Waals surface area contributed by atoms with E-state index in [2.05, 4.69) is 5.32 Å². The van der Waals surface area contributed by atoms with Crippen molar-refractivity contribution in [1.82, 2.24) is 4.90 Å². The molecule has 0 saturated carbocycles. The number of nitrogens with one attached hydrogen (secondary N) is 1. The number of ether oxygens (including phenoxy) is 2. The number of esters is 2. The van der Waals surface area contributed by atoms with Gasteiger partial charge in [-0.15, -0.1) is 22.7 Å². The van der Waals surface area contributed by atoms with Crippen LogP contribution in [-0.2, 0) is 14.3 Å². The molecule has 0 aromatic carbocycles. The van der Waals surface area contributed by atoms with Gasteiger partial charge in [-0.25, -0.2) is 9.59 Å². The summed E-state index contributed by atoms with van der Waals surface area (Å²) in [6.45, 7) is 3.77. The van der Waals surface area contributed by atoms with Crippen LogP contribution in [0.25, 0.3) is 0 Å². The molecule has 9 heteroatoms. The summed E-state index contributed by atoms with van der Waals surface area (Å²) in [5.41, 5.74) is 0.597. The Bertz CT molecular complexity index is 829. The molecule has 2 rings (SSSR count). The molecule has 7 nitrogen and oxygen atoms in total. The summed E-state index contributed by atoms with van der Waals surface area (Å²) in [7, 11) is 4.36. The van der Waals surface area contributed by atoms with Crippen molar-refractivity contribution in [3.8, 4) is 0 Å². The largest absolute Gasteiger partial charge is 0.465 e. The molecule has 0 spiro atoms. The van der Waals surface area contributed by atoms with Gasteiger partial charge in [-0.3, -0.25) is 9.69 Å². The number of likely N-dealkylation sites (N-methyl/N-ethyl adjacent to an activating group) is 1. The van der Waals surface area contributed by atoms with Crippen molar-refractivity contribution in [3.63, 3.8) is 0 Å². The van der Waals surface area contributed by atoms with Crippen molar-refractivity contribution in [2.45, 2.75) is 19.9 Å². The number of anilines is 1. The van der Waals surface area contributed by atoms with E-state index in [1.165, 1.54) is 14.2 Å². The predicted molar refractivity (Wildman–Crippen MR) is 106 cm³/mol. The minimum atomic E-state index is -0.616. The molecule has 1 N–H and O–H groups in total. The van der Waals surface area contributed by atoms with Crippen LogP contribution in [0.3, 0.4) is 0 Å². The Morgan fingerprint density at radius 3 is 2.44 bits per heavy atom. The Hall–Kier alpha value is -2.23. The molecule has 0 aliphatic carbocycles. The summed E-state index contributed by atoms with van der Waals surface area (Å²) >= 11 is 2.63. The number of nitrogens with zero attached hydrogens (tertiary/aromatic N) is 1. The Kier molecular flexibility index (Phi) is 7.11. The Balaban J connectivity index is 2.19. The van der Waals surface area contributed by atoms with Gasteiger partial charge in [0.25, 0.3) is 0 Å². The summed E-state index contributed by atoms with van der Waals surface area (Å²) in [4.78, 5) is 39.9. The third-order valence-corrected chi connectivity index (χ3v) is 6.40. The average molecular weight is 411 g/mol. The van der Waals surface area contributed by atoms with Crippen LogP contribution in [0.5, 0.6) is 0 Å². The quantitative estimate of drug-likeness (QED) is 0.705. The number of hydrogen-bond donors (Lipinski definition) is 1. The van der Waals surface area contributed by atoms with Crippen LogP contribution in [0.2, 0.25) is 0 Å². The van der Waals surface area contributed by atoms with Crippen molar-refractivity contribution >= 4 is 45.5 Å². The van der Waals surface area contributed by atoms with E-state index in [-0.39, 0.29) is 33.9 Å². The highest BCUT2D eigenvalue weighted by Crippen LogP contribution is 2.34. The molecule has 0 aliphatic heterocycles. The maximum absolute atomic E-state index is 12.5. The third kappa shape index (κ3) is 4.74. The van der Waals surface area contributed by atoms with Gasteiger partial charge >= 0.3 is 11.9 Å². The van der Waals surface area contributed by atoms with Crippen LogP contribution < -0.4 is 5.32 Å². The second-order valence-electron chi connectivity index (χ2n) is 5.90. The van der Waals surface area contributed by atoms with E-state index in [4.69, 9.17) is 9.47 Å². The van der Waals surface area contributed by atoms with Gasteiger partial charge in [0.05, 0.1) is 26.3 Å². The summed E-state index contributed by atoms with van der Waals surface area (Å²) in [5, 5.41) is 5.00. The molecule has 2 heterocycles. The highest BCUT2D eigenvalue weighted by molar-refractivity contribution is 7.18. The lowest BCUT2D eigenvalue weighted by molar-refractivity contribution is -0.117. The molecule has 146 valence electrons. The second-order valence-corrected chi connectivity index (χ2v) is 7.90. The van der Waals surface area contributed by atoms with Crippen LogP contribution >= 0.6 is 22.7 Å². The van der Waals surface area contributed by atoms with Crippen molar-refractivity contribution < 1.29 is 23.9 Å². The summed E-state index contributed by atoms with van der Waals surface area (Å²) in [5.74, 6) is -1.47. The normalized spacial score (nSPS) is 11.9. The zero-order chi connectivity index (χ0) is 20.1. The van der Waals surface area contributed by atoms with Crippen molar-refractivity contribution in [2.24, 2.45) is 0 Å². The first kappa shape index (κ1) is 21.1. The van der Waals surface area contributed by atoms with Crippen molar-refractivity contribution in [3.05, 3.63) is 38.4 Å². The highest BCUT2D eigenvalue weighted by atomic mass is 32.1. The molecule has 2 aromatic heterocycles. The molecule has 27 heavy (non-hydrogen) atoms. The SMILES string of the molecule is COC(=O)c1sc(NC(=O)CN(C)[C@@H](C)c2cccs2)c(C(=O)OC)c1C. The van der Waals surface area contributed by atoms with Crippen LogP contribution in [0.4, 0.5) is 5.00 Å². The number of methoxy groups -OCH3 is 2. The molecule has 0 bridgehead atoms. The Morgan fingerprint density at radius 2 is 1.89 bits per heavy atom. The van der Waals surface area contributed by atoms with Gasteiger partial charge in [-0.05, 0) is 37.9 Å². The first-order chi connectivity index (χ1) is 12.8. The lowest BCUT2D eigenvalue weighted by atomic mass is 10.1. The van der Waals surface area contributed by atoms with Gasteiger partial charge in [0.1, 0.15) is 9.88 Å². The maximum Gasteiger partial charge on any atom is 0.348 e. The average Bonchev–Trinajstić information content (AvgIpc) is 3.28. The van der Waals surface area contributed by atoms with E-state index in [1.807, 2.05) is 36.4 Å². The molecule has 0 aliphatic rings. The number of thiophene rings is 2. The summed E-state index contributed by atoms with van der Waals surface area (Å²) < 4.78 is 9.53.